The molecular formula is C12H18N2O2. The molecular weight excluding hydrogens is 204 g/mol. The Morgan fingerprint density at radius 2 is 2.19 bits per heavy atom. The minimum atomic E-state index is -0.484. The summed E-state index contributed by atoms with van der Waals surface area (Å²) in [5, 5.41) is 12.0. The van der Waals surface area contributed by atoms with Gasteiger partial charge in [-0.2, -0.15) is 0 Å². The van der Waals surface area contributed by atoms with Gasteiger partial charge in [-0.05, 0) is 32.4 Å². The highest BCUT2D eigenvalue weighted by atomic mass is 16.3. The third-order valence-corrected chi connectivity index (χ3v) is 2.44. The Bertz CT molecular complexity index is 377. The zero-order valence-corrected chi connectivity index (χ0v) is 9.95. The van der Waals surface area contributed by atoms with Gasteiger partial charge in [0.1, 0.15) is 0 Å². The number of pyridine rings is 1. The molecule has 1 amide bonds. The second-order valence-corrected chi connectivity index (χ2v) is 3.86. The number of nitrogens with one attached hydrogen (secondary N) is 1. The molecule has 0 saturated heterocycles. The van der Waals surface area contributed by atoms with Gasteiger partial charge in [0.25, 0.3) is 5.91 Å². The van der Waals surface area contributed by atoms with E-state index in [1.807, 2.05) is 13.8 Å². The molecule has 0 aliphatic heterocycles. The van der Waals surface area contributed by atoms with Crippen LogP contribution in [0.3, 0.4) is 0 Å². The molecule has 4 heteroatoms. The molecule has 0 radical (unpaired) electrons. The van der Waals surface area contributed by atoms with E-state index in [9.17, 15) is 9.90 Å². The van der Waals surface area contributed by atoms with Gasteiger partial charge in [0, 0.05) is 12.2 Å². The Labute approximate surface area is 95.7 Å². The van der Waals surface area contributed by atoms with E-state index >= 15 is 0 Å². The predicted octanol–water partition coefficient (Wildman–Crippen LogP) is 1.20. The predicted molar refractivity (Wildman–Crippen MR) is 62.3 cm³/mol. The number of amides is 1. The van der Waals surface area contributed by atoms with Crippen molar-refractivity contribution >= 4 is 5.91 Å². The lowest BCUT2D eigenvalue weighted by Gasteiger charge is -2.10. The van der Waals surface area contributed by atoms with Crippen LogP contribution in [-0.4, -0.2) is 28.6 Å². The van der Waals surface area contributed by atoms with Crippen molar-refractivity contribution in [1.82, 2.24) is 10.3 Å². The molecule has 0 aliphatic carbocycles. The third kappa shape index (κ3) is 3.31. The molecule has 0 aliphatic rings. The fraction of sp³-hybridized carbons (Fsp3) is 0.500. The molecule has 0 fully saturated rings. The second-order valence-electron chi connectivity index (χ2n) is 3.86. The van der Waals surface area contributed by atoms with E-state index in [1.54, 1.807) is 19.1 Å². The largest absolute Gasteiger partial charge is 0.391 e. The SMILES string of the molecule is CCC(O)CNC(=O)c1ccc(C)nc1C. The first-order chi connectivity index (χ1) is 7.54. The van der Waals surface area contributed by atoms with Crippen LogP contribution in [0.4, 0.5) is 0 Å². The summed E-state index contributed by atoms with van der Waals surface area (Å²) in [6, 6.07) is 3.56. The number of aryl methyl sites for hydroxylation is 2. The van der Waals surface area contributed by atoms with Crippen LogP contribution in [0.5, 0.6) is 0 Å². The van der Waals surface area contributed by atoms with Gasteiger partial charge in [-0.15, -0.1) is 0 Å². The normalized spacial score (nSPS) is 12.2. The average molecular weight is 222 g/mol. The molecule has 4 nitrogen and oxygen atoms in total. The van der Waals surface area contributed by atoms with Gasteiger partial charge in [-0.25, -0.2) is 0 Å². The van der Waals surface area contributed by atoms with Crippen molar-refractivity contribution in [3.63, 3.8) is 0 Å². The van der Waals surface area contributed by atoms with E-state index in [2.05, 4.69) is 10.3 Å². The van der Waals surface area contributed by atoms with Gasteiger partial charge >= 0.3 is 0 Å². The van der Waals surface area contributed by atoms with Crippen molar-refractivity contribution in [1.29, 1.82) is 0 Å². The highest BCUT2D eigenvalue weighted by molar-refractivity contribution is 5.95. The van der Waals surface area contributed by atoms with E-state index in [4.69, 9.17) is 0 Å². The van der Waals surface area contributed by atoms with Crippen LogP contribution < -0.4 is 5.32 Å². The highest BCUT2D eigenvalue weighted by Gasteiger charge is 2.10. The number of carbonyl (C=O) groups is 1. The molecule has 1 unspecified atom stereocenters. The smallest absolute Gasteiger partial charge is 0.253 e. The summed E-state index contributed by atoms with van der Waals surface area (Å²) in [7, 11) is 0. The molecule has 2 N–H and O–H groups in total. The summed E-state index contributed by atoms with van der Waals surface area (Å²) in [6.45, 7) is 5.84. The number of nitrogens with zero attached hydrogens (tertiary/aromatic N) is 1. The Kier molecular flexibility index (Phi) is 4.43. The lowest BCUT2D eigenvalue weighted by atomic mass is 10.1. The van der Waals surface area contributed by atoms with Gasteiger partial charge in [0.05, 0.1) is 17.4 Å². The van der Waals surface area contributed by atoms with E-state index < -0.39 is 6.10 Å². The molecule has 1 heterocycles. The fourth-order valence-corrected chi connectivity index (χ4v) is 1.38. The zero-order chi connectivity index (χ0) is 12.1. The second kappa shape index (κ2) is 5.61. The van der Waals surface area contributed by atoms with Crippen molar-refractivity contribution in [2.24, 2.45) is 0 Å². The van der Waals surface area contributed by atoms with E-state index in [1.165, 1.54) is 0 Å². The molecule has 88 valence electrons. The summed E-state index contributed by atoms with van der Waals surface area (Å²) in [5.41, 5.74) is 2.17. The first-order valence-electron chi connectivity index (χ1n) is 5.45. The average Bonchev–Trinajstić information content (AvgIpc) is 2.25. The maximum atomic E-state index is 11.7. The minimum absolute atomic E-state index is 0.183. The van der Waals surface area contributed by atoms with Crippen LogP contribution in [0.15, 0.2) is 12.1 Å². The number of hydrogen-bond donors (Lipinski definition) is 2. The molecule has 0 saturated carbocycles. The number of rotatable bonds is 4. The lowest BCUT2D eigenvalue weighted by molar-refractivity contribution is 0.0913. The number of aliphatic hydroxyl groups excluding tert-OH is 1. The summed E-state index contributed by atoms with van der Waals surface area (Å²) in [5.74, 6) is -0.183. The van der Waals surface area contributed by atoms with Crippen LogP contribution in [0.2, 0.25) is 0 Å². The standard InChI is InChI=1S/C12H18N2O2/c1-4-10(15)7-13-12(16)11-6-5-8(2)14-9(11)3/h5-6,10,15H,4,7H2,1-3H3,(H,13,16). The fourth-order valence-electron chi connectivity index (χ4n) is 1.38. The summed E-state index contributed by atoms with van der Waals surface area (Å²) >= 11 is 0. The molecule has 1 rings (SSSR count). The Morgan fingerprint density at radius 3 is 2.75 bits per heavy atom. The van der Waals surface area contributed by atoms with Crippen LogP contribution in [0, 0.1) is 13.8 Å². The topological polar surface area (TPSA) is 62.2 Å². The quantitative estimate of drug-likeness (QED) is 0.804. The maximum absolute atomic E-state index is 11.7. The monoisotopic (exact) mass is 222 g/mol. The maximum Gasteiger partial charge on any atom is 0.253 e. The van der Waals surface area contributed by atoms with Crippen molar-refractivity contribution in [2.45, 2.75) is 33.3 Å². The molecule has 0 aromatic carbocycles. The van der Waals surface area contributed by atoms with Gasteiger partial charge in [0.2, 0.25) is 0 Å². The minimum Gasteiger partial charge on any atom is -0.391 e. The Balaban J connectivity index is 2.66. The van der Waals surface area contributed by atoms with E-state index in [0.717, 1.165) is 5.69 Å². The lowest BCUT2D eigenvalue weighted by Crippen LogP contribution is -2.32. The Hall–Kier alpha value is -1.42. The number of aliphatic hydroxyl groups is 1. The molecule has 1 aromatic rings. The van der Waals surface area contributed by atoms with Crippen molar-refractivity contribution in [3.05, 3.63) is 29.1 Å². The molecule has 1 atom stereocenters. The van der Waals surface area contributed by atoms with Crippen LogP contribution in [-0.2, 0) is 0 Å². The van der Waals surface area contributed by atoms with Crippen LogP contribution >= 0.6 is 0 Å². The summed E-state index contributed by atoms with van der Waals surface area (Å²) < 4.78 is 0. The van der Waals surface area contributed by atoms with Crippen LogP contribution in [0.25, 0.3) is 0 Å². The number of aromatic nitrogens is 1. The highest BCUT2D eigenvalue weighted by Crippen LogP contribution is 2.06. The van der Waals surface area contributed by atoms with Crippen molar-refractivity contribution in [2.75, 3.05) is 6.54 Å². The number of hydrogen-bond acceptors (Lipinski definition) is 3. The summed E-state index contributed by atoms with van der Waals surface area (Å²) in [6.07, 6.45) is 0.147. The van der Waals surface area contributed by atoms with Gasteiger partial charge in [-0.3, -0.25) is 9.78 Å². The number of carbonyl (C=O) groups excluding carboxylic acids is 1. The molecule has 1 aromatic heterocycles. The van der Waals surface area contributed by atoms with Gasteiger partial charge in [-0.1, -0.05) is 6.92 Å². The zero-order valence-electron chi connectivity index (χ0n) is 9.95. The summed E-state index contributed by atoms with van der Waals surface area (Å²) in [4.78, 5) is 16.0. The molecule has 0 bridgehead atoms. The van der Waals surface area contributed by atoms with Gasteiger partial charge < -0.3 is 10.4 Å². The van der Waals surface area contributed by atoms with Crippen molar-refractivity contribution < 1.29 is 9.90 Å². The van der Waals surface area contributed by atoms with E-state index in [0.29, 0.717) is 17.7 Å². The molecule has 16 heavy (non-hydrogen) atoms. The first kappa shape index (κ1) is 12.6. The Morgan fingerprint density at radius 1 is 1.50 bits per heavy atom. The van der Waals surface area contributed by atoms with E-state index in [-0.39, 0.29) is 12.5 Å². The molecule has 0 spiro atoms. The first-order valence-corrected chi connectivity index (χ1v) is 5.45. The van der Waals surface area contributed by atoms with Crippen molar-refractivity contribution in [3.8, 4) is 0 Å². The third-order valence-electron chi connectivity index (χ3n) is 2.44. The van der Waals surface area contributed by atoms with Crippen LogP contribution in [0.1, 0.15) is 35.1 Å². The van der Waals surface area contributed by atoms with Gasteiger partial charge in [0.15, 0.2) is 0 Å².